The van der Waals surface area contributed by atoms with Crippen LogP contribution in [0.2, 0.25) is 0 Å². The summed E-state index contributed by atoms with van der Waals surface area (Å²) in [7, 11) is 0. The summed E-state index contributed by atoms with van der Waals surface area (Å²) in [5.74, 6) is -1.09. The zero-order chi connectivity index (χ0) is 22.0. The molecular formula is C24H19FN2O4. The van der Waals surface area contributed by atoms with E-state index < -0.39 is 23.0 Å². The Morgan fingerprint density at radius 1 is 0.935 bits per heavy atom. The van der Waals surface area contributed by atoms with Crippen LogP contribution in [0.5, 0.6) is 0 Å². The number of halogens is 1. The lowest BCUT2D eigenvalue weighted by Gasteiger charge is -2.15. The fraction of sp³-hybridized carbons (Fsp3) is 0.125. The van der Waals surface area contributed by atoms with Crippen molar-refractivity contribution in [1.82, 2.24) is 9.13 Å². The van der Waals surface area contributed by atoms with Crippen LogP contribution >= 0.6 is 0 Å². The minimum Gasteiger partial charge on any atom is -0.462 e. The highest BCUT2D eigenvalue weighted by atomic mass is 19.1. The Morgan fingerprint density at radius 2 is 1.61 bits per heavy atom. The molecule has 0 N–H and O–H groups in total. The molecule has 0 saturated carbocycles. The van der Waals surface area contributed by atoms with Crippen LogP contribution in [0, 0.1) is 5.82 Å². The van der Waals surface area contributed by atoms with Gasteiger partial charge in [-0.15, -0.1) is 0 Å². The summed E-state index contributed by atoms with van der Waals surface area (Å²) in [6.07, 6.45) is 0. The van der Waals surface area contributed by atoms with Gasteiger partial charge in [0, 0.05) is 0 Å². The second-order valence-corrected chi connectivity index (χ2v) is 6.90. The van der Waals surface area contributed by atoms with Crippen molar-refractivity contribution >= 4 is 16.9 Å². The third-order valence-electron chi connectivity index (χ3n) is 4.95. The molecule has 4 aromatic rings. The van der Waals surface area contributed by atoms with Crippen LogP contribution in [0.1, 0.15) is 22.8 Å². The van der Waals surface area contributed by atoms with E-state index in [1.54, 1.807) is 61.5 Å². The van der Waals surface area contributed by atoms with E-state index in [1.807, 2.05) is 0 Å². The van der Waals surface area contributed by atoms with Gasteiger partial charge >= 0.3 is 11.7 Å². The lowest BCUT2D eigenvalue weighted by Crippen LogP contribution is -2.39. The van der Waals surface area contributed by atoms with E-state index in [0.717, 1.165) is 10.1 Å². The monoisotopic (exact) mass is 418 g/mol. The first kappa shape index (κ1) is 20.3. The first-order valence-corrected chi connectivity index (χ1v) is 9.77. The molecule has 0 aliphatic heterocycles. The topological polar surface area (TPSA) is 70.3 Å². The molecule has 4 rings (SSSR count). The van der Waals surface area contributed by atoms with Crippen molar-refractivity contribution < 1.29 is 13.9 Å². The largest absolute Gasteiger partial charge is 0.462 e. The number of nitrogens with zero attached hydrogens (tertiary/aromatic N) is 2. The van der Waals surface area contributed by atoms with Crippen LogP contribution in [0.15, 0.2) is 82.4 Å². The Bertz CT molecular complexity index is 1390. The fourth-order valence-electron chi connectivity index (χ4n) is 3.46. The average Bonchev–Trinajstić information content (AvgIpc) is 2.78. The van der Waals surface area contributed by atoms with E-state index in [-0.39, 0.29) is 18.8 Å². The van der Waals surface area contributed by atoms with Crippen LogP contribution < -0.4 is 11.2 Å². The summed E-state index contributed by atoms with van der Waals surface area (Å²) in [6, 6.07) is 19.0. The summed E-state index contributed by atoms with van der Waals surface area (Å²) in [6.45, 7) is 2.14. The molecule has 0 fully saturated rings. The minimum atomic E-state index is -0.665. The zero-order valence-corrected chi connectivity index (χ0v) is 16.7. The van der Waals surface area contributed by atoms with E-state index in [4.69, 9.17) is 4.74 Å². The second-order valence-electron chi connectivity index (χ2n) is 6.90. The fourth-order valence-corrected chi connectivity index (χ4v) is 3.46. The highest BCUT2D eigenvalue weighted by molar-refractivity contribution is 5.89. The van der Waals surface area contributed by atoms with Gasteiger partial charge in [-0.05, 0) is 48.9 Å². The van der Waals surface area contributed by atoms with Gasteiger partial charge in [0.2, 0.25) is 0 Å². The number of carbonyl (C=O) groups excluding carboxylic acids is 1. The van der Waals surface area contributed by atoms with Crippen molar-refractivity contribution in [3.8, 4) is 5.69 Å². The number of esters is 1. The molecule has 0 aliphatic carbocycles. The Labute approximate surface area is 176 Å². The molecule has 6 nitrogen and oxygen atoms in total. The van der Waals surface area contributed by atoms with E-state index >= 15 is 0 Å². The molecule has 156 valence electrons. The van der Waals surface area contributed by atoms with E-state index in [2.05, 4.69) is 0 Å². The molecule has 0 amide bonds. The molecule has 0 spiro atoms. The number of hydrogen-bond acceptors (Lipinski definition) is 4. The van der Waals surface area contributed by atoms with Gasteiger partial charge in [-0.3, -0.25) is 9.36 Å². The van der Waals surface area contributed by atoms with Crippen molar-refractivity contribution in [3.05, 3.63) is 111 Å². The molecule has 0 bridgehead atoms. The molecular weight excluding hydrogens is 399 g/mol. The number of fused-ring (bicyclic) bond motifs is 1. The van der Waals surface area contributed by atoms with Gasteiger partial charge in [-0.25, -0.2) is 18.5 Å². The van der Waals surface area contributed by atoms with Crippen LogP contribution in [-0.2, 0) is 11.3 Å². The number of rotatable bonds is 5. The molecule has 0 radical (unpaired) electrons. The van der Waals surface area contributed by atoms with Crippen LogP contribution in [0.3, 0.4) is 0 Å². The molecule has 1 aromatic heterocycles. The standard InChI is InChI=1S/C24H19FN2O4/c1-2-31-23(29)17-13-11-16(12-14-17)15-26-20-9-5-3-7-18(20)22(28)27(24(26)30)21-10-6-4-8-19(21)25/h3-14H,2,15H2,1H3. The van der Waals surface area contributed by atoms with Gasteiger partial charge < -0.3 is 4.74 Å². The first-order chi connectivity index (χ1) is 15.0. The number of para-hydroxylation sites is 2. The second kappa shape index (κ2) is 8.39. The van der Waals surface area contributed by atoms with Gasteiger partial charge in [-0.2, -0.15) is 0 Å². The van der Waals surface area contributed by atoms with Gasteiger partial charge in [0.1, 0.15) is 5.82 Å². The minimum absolute atomic E-state index is 0.102. The van der Waals surface area contributed by atoms with Gasteiger partial charge in [-0.1, -0.05) is 36.4 Å². The number of benzene rings is 3. The maximum absolute atomic E-state index is 14.4. The maximum Gasteiger partial charge on any atom is 0.338 e. The summed E-state index contributed by atoms with van der Waals surface area (Å²) in [5, 5.41) is 0.300. The smallest absolute Gasteiger partial charge is 0.338 e. The predicted molar refractivity (Wildman–Crippen MR) is 115 cm³/mol. The zero-order valence-electron chi connectivity index (χ0n) is 16.7. The Hall–Kier alpha value is -4.00. The van der Waals surface area contributed by atoms with Crippen LogP contribution in [-0.4, -0.2) is 21.7 Å². The number of aromatic nitrogens is 2. The Morgan fingerprint density at radius 3 is 2.32 bits per heavy atom. The van der Waals surface area contributed by atoms with Crippen molar-refractivity contribution in [2.75, 3.05) is 6.61 Å². The molecule has 7 heteroatoms. The van der Waals surface area contributed by atoms with Gasteiger partial charge in [0.25, 0.3) is 5.56 Å². The summed E-state index contributed by atoms with van der Waals surface area (Å²) in [4.78, 5) is 38.2. The molecule has 0 aliphatic rings. The number of carbonyl (C=O) groups is 1. The highest BCUT2D eigenvalue weighted by Crippen LogP contribution is 2.15. The van der Waals surface area contributed by atoms with Crippen molar-refractivity contribution in [2.24, 2.45) is 0 Å². The lowest BCUT2D eigenvalue weighted by molar-refractivity contribution is 0.0526. The molecule has 3 aromatic carbocycles. The molecule has 0 saturated heterocycles. The highest BCUT2D eigenvalue weighted by Gasteiger charge is 2.17. The third kappa shape index (κ3) is 3.77. The summed E-state index contributed by atoms with van der Waals surface area (Å²) < 4.78 is 21.7. The third-order valence-corrected chi connectivity index (χ3v) is 4.95. The van der Waals surface area contributed by atoms with Crippen molar-refractivity contribution in [2.45, 2.75) is 13.5 Å². The average molecular weight is 418 g/mol. The Kier molecular flexibility index (Phi) is 5.49. The number of ether oxygens (including phenoxy) is 1. The van der Waals surface area contributed by atoms with Gasteiger partial charge in [0.05, 0.1) is 35.3 Å². The molecule has 0 unspecified atom stereocenters. The molecule has 0 atom stereocenters. The predicted octanol–water partition coefficient (Wildman–Crippen LogP) is 3.52. The van der Waals surface area contributed by atoms with Crippen molar-refractivity contribution in [1.29, 1.82) is 0 Å². The van der Waals surface area contributed by atoms with E-state index in [0.29, 0.717) is 16.5 Å². The normalized spacial score (nSPS) is 10.9. The van der Waals surface area contributed by atoms with Crippen LogP contribution in [0.25, 0.3) is 16.6 Å². The molecule has 1 heterocycles. The first-order valence-electron chi connectivity index (χ1n) is 9.77. The summed E-state index contributed by atoms with van der Waals surface area (Å²) >= 11 is 0. The van der Waals surface area contributed by atoms with E-state index in [9.17, 15) is 18.8 Å². The Balaban J connectivity index is 1.87. The quantitative estimate of drug-likeness (QED) is 0.465. The van der Waals surface area contributed by atoms with Crippen LogP contribution in [0.4, 0.5) is 4.39 Å². The number of hydrogen-bond donors (Lipinski definition) is 0. The van der Waals surface area contributed by atoms with Gasteiger partial charge in [0.15, 0.2) is 0 Å². The molecule has 31 heavy (non-hydrogen) atoms. The van der Waals surface area contributed by atoms with Crippen molar-refractivity contribution in [3.63, 3.8) is 0 Å². The maximum atomic E-state index is 14.4. The lowest BCUT2D eigenvalue weighted by atomic mass is 10.1. The SMILES string of the molecule is CCOC(=O)c1ccc(Cn2c(=O)n(-c3ccccc3F)c(=O)c3ccccc32)cc1. The summed E-state index contributed by atoms with van der Waals surface area (Å²) in [5.41, 5.74) is 0.246. The van der Waals surface area contributed by atoms with E-state index in [1.165, 1.54) is 22.8 Å².